The highest BCUT2D eigenvalue weighted by Gasteiger charge is 1.98. The second-order valence-corrected chi connectivity index (χ2v) is 2.27. The van der Waals surface area contributed by atoms with Gasteiger partial charge in [0.1, 0.15) is 5.75 Å². The van der Waals surface area contributed by atoms with Gasteiger partial charge in [-0.1, -0.05) is 12.1 Å². The second-order valence-electron chi connectivity index (χ2n) is 2.27. The first-order chi connectivity index (χ1) is 5.72. The second kappa shape index (κ2) is 3.73. The van der Waals surface area contributed by atoms with Crippen LogP contribution in [0.1, 0.15) is 5.56 Å². The van der Waals surface area contributed by atoms with Gasteiger partial charge < -0.3 is 16.2 Å². The summed E-state index contributed by atoms with van der Waals surface area (Å²) in [7, 11) is 0. The van der Waals surface area contributed by atoms with Crippen LogP contribution in [-0.2, 0) is 6.54 Å². The van der Waals surface area contributed by atoms with Gasteiger partial charge in [0, 0.05) is 6.54 Å². The molecule has 0 atom stereocenters. The zero-order valence-electron chi connectivity index (χ0n) is 6.49. The molecule has 0 saturated carbocycles. The molecule has 12 heavy (non-hydrogen) atoms. The summed E-state index contributed by atoms with van der Waals surface area (Å²) >= 11 is 0. The lowest BCUT2D eigenvalue weighted by molar-refractivity contribution is 0.211. The highest BCUT2D eigenvalue weighted by atomic mass is 16.5. The number of carbonyl (C=O) groups excluding carboxylic acids is 1. The lowest BCUT2D eigenvalue weighted by Gasteiger charge is -2.01. The van der Waals surface area contributed by atoms with Crippen molar-refractivity contribution in [2.45, 2.75) is 6.54 Å². The zero-order valence-corrected chi connectivity index (χ0v) is 6.49. The van der Waals surface area contributed by atoms with Crippen molar-refractivity contribution in [3.63, 3.8) is 0 Å². The molecule has 64 valence electrons. The Balaban J connectivity index is 2.79. The fourth-order valence-corrected chi connectivity index (χ4v) is 0.852. The van der Waals surface area contributed by atoms with E-state index >= 15 is 0 Å². The summed E-state index contributed by atoms with van der Waals surface area (Å²) in [5, 5.41) is 0. The highest BCUT2D eigenvalue weighted by molar-refractivity contribution is 5.68. The fourth-order valence-electron chi connectivity index (χ4n) is 0.852. The van der Waals surface area contributed by atoms with Gasteiger partial charge in [-0.15, -0.1) is 0 Å². The maximum atomic E-state index is 10.3. The minimum atomic E-state index is -0.816. The smallest absolute Gasteiger partial charge is 0.409 e. The van der Waals surface area contributed by atoms with Crippen LogP contribution in [0.5, 0.6) is 5.75 Å². The molecule has 4 nitrogen and oxygen atoms in total. The summed E-state index contributed by atoms with van der Waals surface area (Å²) in [5.74, 6) is 0.422. The van der Waals surface area contributed by atoms with Gasteiger partial charge in [0.2, 0.25) is 0 Å². The first-order valence-corrected chi connectivity index (χ1v) is 3.48. The monoisotopic (exact) mass is 166 g/mol. The van der Waals surface area contributed by atoms with E-state index in [1.54, 1.807) is 18.2 Å². The molecule has 0 spiro atoms. The van der Waals surface area contributed by atoms with Crippen LogP contribution in [0.25, 0.3) is 0 Å². The van der Waals surface area contributed by atoms with E-state index in [0.717, 1.165) is 5.56 Å². The van der Waals surface area contributed by atoms with Crippen molar-refractivity contribution >= 4 is 6.09 Å². The first kappa shape index (κ1) is 8.55. The number of nitrogens with two attached hydrogens (primary N) is 2. The summed E-state index contributed by atoms with van der Waals surface area (Å²) in [5.41, 5.74) is 11.1. The number of carbonyl (C=O) groups is 1. The molecule has 0 aromatic heterocycles. The van der Waals surface area contributed by atoms with Gasteiger partial charge in [-0.3, -0.25) is 0 Å². The van der Waals surface area contributed by atoms with E-state index in [-0.39, 0.29) is 0 Å². The Morgan fingerprint density at radius 1 is 1.50 bits per heavy atom. The van der Waals surface area contributed by atoms with E-state index in [1.807, 2.05) is 6.07 Å². The average Bonchev–Trinajstić information content (AvgIpc) is 2.03. The van der Waals surface area contributed by atoms with Crippen molar-refractivity contribution in [3.8, 4) is 5.75 Å². The number of benzene rings is 1. The molecule has 1 amide bonds. The minimum absolute atomic E-state index is 0.413. The van der Waals surface area contributed by atoms with Gasteiger partial charge in [-0.25, -0.2) is 4.79 Å². The van der Waals surface area contributed by atoms with E-state index in [0.29, 0.717) is 12.3 Å². The first-order valence-electron chi connectivity index (χ1n) is 3.48. The Morgan fingerprint density at radius 3 is 2.83 bits per heavy atom. The van der Waals surface area contributed by atoms with Crippen molar-refractivity contribution in [1.29, 1.82) is 0 Å². The third-order valence-electron chi connectivity index (χ3n) is 1.35. The van der Waals surface area contributed by atoms with Gasteiger partial charge in [0.15, 0.2) is 0 Å². The lowest BCUT2D eigenvalue weighted by Crippen LogP contribution is -2.16. The van der Waals surface area contributed by atoms with Gasteiger partial charge in [-0.05, 0) is 17.7 Å². The number of hydrogen-bond acceptors (Lipinski definition) is 3. The quantitative estimate of drug-likeness (QED) is 0.675. The summed E-state index contributed by atoms with van der Waals surface area (Å²) in [6.45, 7) is 0.413. The topological polar surface area (TPSA) is 78.3 Å². The summed E-state index contributed by atoms with van der Waals surface area (Å²) in [6.07, 6.45) is -0.816. The van der Waals surface area contributed by atoms with Crippen LogP contribution in [-0.4, -0.2) is 6.09 Å². The van der Waals surface area contributed by atoms with Crippen LogP contribution < -0.4 is 16.2 Å². The Labute approximate surface area is 70.1 Å². The molecule has 0 aliphatic rings. The van der Waals surface area contributed by atoms with E-state index in [1.165, 1.54) is 0 Å². The molecule has 1 aromatic rings. The number of ether oxygens (including phenoxy) is 1. The Hall–Kier alpha value is -1.55. The van der Waals surface area contributed by atoms with Crippen LogP contribution in [0, 0.1) is 0 Å². The molecule has 0 aliphatic carbocycles. The molecular formula is C8H10N2O2. The molecule has 0 unspecified atom stereocenters. The summed E-state index contributed by atoms with van der Waals surface area (Å²) < 4.78 is 4.64. The van der Waals surface area contributed by atoms with Gasteiger partial charge in [-0.2, -0.15) is 0 Å². The van der Waals surface area contributed by atoms with Crippen molar-refractivity contribution in [3.05, 3.63) is 29.8 Å². The van der Waals surface area contributed by atoms with Crippen LogP contribution in [0.2, 0.25) is 0 Å². The van der Waals surface area contributed by atoms with Crippen molar-refractivity contribution in [2.75, 3.05) is 0 Å². The Morgan fingerprint density at radius 2 is 2.25 bits per heavy atom. The molecule has 0 radical (unpaired) electrons. The van der Waals surface area contributed by atoms with Crippen LogP contribution >= 0.6 is 0 Å². The molecule has 4 heteroatoms. The predicted molar refractivity (Wildman–Crippen MR) is 44.5 cm³/mol. The van der Waals surface area contributed by atoms with Crippen molar-refractivity contribution in [1.82, 2.24) is 0 Å². The third kappa shape index (κ3) is 2.25. The Kier molecular flexibility index (Phi) is 2.66. The van der Waals surface area contributed by atoms with Crippen LogP contribution in [0.4, 0.5) is 4.79 Å². The molecule has 1 rings (SSSR count). The highest BCUT2D eigenvalue weighted by Crippen LogP contribution is 2.12. The lowest BCUT2D eigenvalue weighted by atomic mass is 10.2. The minimum Gasteiger partial charge on any atom is -0.410 e. The molecule has 0 saturated heterocycles. The average molecular weight is 166 g/mol. The fraction of sp³-hybridized carbons (Fsp3) is 0.125. The molecule has 0 bridgehead atoms. The SMILES string of the molecule is NCc1cccc(OC(N)=O)c1. The van der Waals surface area contributed by atoms with E-state index in [4.69, 9.17) is 11.5 Å². The zero-order chi connectivity index (χ0) is 8.97. The van der Waals surface area contributed by atoms with Gasteiger partial charge in [0.25, 0.3) is 0 Å². The number of hydrogen-bond donors (Lipinski definition) is 2. The van der Waals surface area contributed by atoms with Crippen molar-refractivity contribution in [2.24, 2.45) is 11.5 Å². The Bertz CT molecular complexity index is 286. The summed E-state index contributed by atoms with van der Waals surface area (Å²) in [4.78, 5) is 10.3. The third-order valence-corrected chi connectivity index (χ3v) is 1.35. The van der Waals surface area contributed by atoms with Gasteiger partial charge >= 0.3 is 6.09 Å². The predicted octanol–water partition coefficient (Wildman–Crippen LogP) is 0.603. The number of primary amides is 1. The van der Waals surface area contributed by atoms with E-state index in [2.05, 4.69) is 4.74 Å². The molecule has 0 aliphatic heterocycles. The van der Waals surface area contributed by atoms with Crippen LogP contribution in [0.15, 0.2) is 24.3 Å². The number of rotatable bonds is 2. The van der Waals surface area contributed by atoms with Gasteiger partial charge in [0.05, 0.1) is 0 Å². The van der Waals surface area contributed by atoms with E-state index in [9.17, 15) is 4.79 Å². The number of amides is 1. The molecule has 4 N–H and O–H groups in total. The molecular weight excluding hydrogens is 156 g/mol. The van der Waals surface area contributed by atoms with Crippen LogP contribution in [0.3, 0.4) is 0 Å². The van der Waals surface area contributed by atoms with Crippen molar-refractivity contribution < 1.29 is 9.53 Å². The molecule has 0 fully saturated rings. The summed E-state index contributed by atoms with van der Waals surface area (Å²) in [6, 6.07) is 6.91. The molecule has 1 aromatic carbocycles. The van der Waals surface area contributed by atoms with E-state index < -0.39 is 6.09 Å². The normalized spacial score (nSPS) is 9.42. The maximum absolute atomic E-state index is 10.3. The largest absolute Gasteiger partial charge is 0.410 e. The molecule has 0 heterocycles. The standard InChI is InChI=1S/C8H10N2O2/c9-5-6-2-1-3-7(4-6)12-8(10)11/h1-4H,5,9H2,(H2,10,11). The maximum Gasteiger partial charge on any atom is 0.409 e.